The van der Waals surface area contributed by atoms with Gasteiger partial charge in [0, 0.05) is 17.0 Å². The van der Waals surface area contributed by atoms with E-state index in [4.69, 9.17) is 11.6 Å². The zero-order valence-electron chi connectivity index (χ0n) is 13.1. The molecule has 1 rings (SSSR count). The third-order valence-corrected chi connectivity index (χ3v) is 4.74. The monoisotopic (exact) mass is 435 g/mol. The molecule has 0 aliphatic rings. The number of hydrogen-bond donors (Lipinski definition) is 1. The molecule has 1 amide bonds. The minimum Gasteiger partial charge on any atom is -0.325 e. The molecule has 0 radical (unpaired) electrons. The minimum atomic E-state index is -5.57. The highest BCUT2D eigenvalue weighted by molar-refractivity contribution is 9.10. The Kier molecular flexibility index (Phi) is 6.31. The summed E-state index contributed by atoms with van der Waals surface area (Å²) in [5.74, 6) is -0.453. The van der Waals surface area contributed by atoms with Gasteiger partial charge in [-0.15, -0.1) is 0 Å². The van der Waals surface area contributed by atoms with Crippen molar-refractivity contribution < 1.29 is 26.7 Å². The van der Waals surface area contributed by atoms with Gasteiger partial charge in [0.1, 0.15) is 0 Å². The topological polar surface area (TPSA) is 29.1 Å². The SMILES string of the molecule is CCc1cc(C(F)(C(F)(F)F)C(F)(Cl)CC)cc(Br)c1NC(C)=O. The van der Waals surface area contributed by atoms with E-state index >= 15 is 0 Å². The second kappa shape index (κ2) is 7.15. The van der Waals surface area contributed by atoms with Gasteiger partial charge >= 0.3 is 6.18 Å². The van der Waals surface area contributed by atoms with Crippen LogP contribution in [-0.2, 0) is 16.9 Å². The van der Waals surface area contributed by atoms with Crippen LogP contribution >= 0.6 is 27.5 Å². The normalized spacial score (nSPS) is 17.1. The molecular weight excluding hydrogens is 421 g/mol. The Labute approximate surface area is 149 Å². The summed E-state index contributed by atoms with van der Waals surface area (Å²) < 4.78 is 69.4. The van der Waals surface area contributed by atoms with E-state index in [1.807, 2.05) is 0 Å². The van der Waals surface area contributed by atoms with Crippen LogP contribution in [0.15, 0.2) is 16.6 Å². The van der Waals surface area contributed by atoms with Gasteiger partial charge in [0.15, 0.2) is 0 Å². The fourth-order valence-electron chi connectivity index (χ4n) is 2.28. The molecule has 0 aliphatic heterocycles. The maximum absolute atomic E-state index is 15.0. The van der Waals surface area contributed by atoms with E-state index in [2.05, 4.69) is 21.2 Å². The van der Waals surface area contributed by atoms with Crippen molar-refractivity contribution in [2.45, 2.75) is 50.6 Å². The molecule has 9 heteroatoms. The summed E-state index contributed by atoms with van der Waals surface area (Å²) in [6.45, 7) is 3.85. The molecule has 2 atom stereocenters. The Hall–Kier alpha value is -0.890. The molecule has 1 aromatic carbocycles. The number of benzene rings is 1. The average molecular weight is 437 g/mol. The molecule has 1 N–H and O–H groups in total. The van der Waals surface area contributed by atoms with Crippen LogP contribution in [0, 0.1) is 0 Å². The lowest BCUT2D eigenvalue weighted by atomic mass is 9.86. The fourth-order valence-corrected chi connectivity index (χ4v) is 3.10. The summed E-state index contributed by atoms with van der Waals surface area (Å²) in [4.78, 5) is 11.2. The molecule has 0 saturated carbocycles. The van der Waals surface area contributed by atoms with E-state index in [0.29, 0.717) is 0 Å². The first-order valence-corrected chi connectivity index (χ1v) is 8.22. The number of alkyl halides is 6. The van der Waals surface area contributed by atoms with Crippen molar-refractivity contribution in [1.82, 2.24) is 0 Å². The molecule has 2 unspecified atom stereocenters. The third kappa shape index (κ3) is 3.69. The van der Waals surface area contributed by atoms with Crippen molar-refractivity contribution in [3.8, 4) is 0 Å². The van der Waals surface area contributed by atoms with Crippen LogP contribution in [0.1, 0.15) is 38.3 Å². The molecule has 0 bridgehead atoms. The quantitative estimate of drug-likeness (QED) is 0.444. The van der Waals surface area contributed by atoms with Crippen LogP contribution in [0.25, 0.3) is 0 Å². The lowest BCUT2D eigenvalue weighted by Gasteiger charge is -2.36. The Morgan fingerprint density at radius 3 is 2.12 bits per heavy atom. The predicted molar refractivity (Wildman–Crippen MR) is 86.6 cm³/mol. The van der Waals surface area contributed by atoms with Gasteiger partial charge < -0.3 is 5.32 Å². The lowest BCUT2D eigenvalue weighted by molar-refractivity contribution is -0.265. The van der Waals surface area contributed by atoms with Crippen LogP contribution in [0.4, 0.5) is 27.6 Å². The van der Waals surface area contributed by atoms with Crippen molar-refractivity contribution in [2.24, 2.45) is 0 Å². The number of nitrogens with one attached hydrogen (secondary N) is 1. The molecule has 0 saturated heterocycles. The molecule has 0 fully saturated rings. The summed E-state index contributed by atoms with van der Waals surface area (Å²) in [6, 6.07) is 1.65. The molecule has 136 valence electrons. The average Bonchev–Trinajstić information content (AvgIpc) is 2.46. The van der Waals surface area contributed by atoms with Gasteiger partial charge in [-0.3, -0.25) is 4.79 Å². The Bertz CT molecular complexity index is 635. The van der Waals surface area contributed by atoms with E-state index in [0.717, 1.165) is 19.1 Å². The van der Waals surface area contributed by atoms with Gasteiger partial charge in [-0.2, -0.15) is 13.2 Å². The molecule has 24 heavy (non-hydrogen) atoms. The number of halogens is 7. The maximum atomic E-state index is 15.0. The van der Waals surface area contributed by atoms with E-state index in [1.165, 1.54) is 6.92 Å². The van der Waals surface area contributed by atoms with Gasteiger partial charge in [-0.25, -0.2) is 8.78 Å². The highest BCUT2D eigenvalue weighted by Crippen LogP contribution is 2.55. The summed E-state index contributed by atoms with van der Waals surface area (Å²) in [7, 11) is 0. The van der Waals surface area contributed by atoms with E-state index in [1.54, 1.807) is 6.92 Å². The highest BCUT2D eigenvalue weighted by Gasteiger charge is 2.69. The number of anilines is 1. The Morgan fingerprint density at radius 1 is 1.21 bits per heavy atom. The zero-order valence-corrected chi connectivity index (χ0v) is 15.5. The van der Waals surface area contributed by atoms with Crippen LogP contribution in [-0.4, -0.2) is 17.2 Å². The molecular formula is C15H16BrClF5NO. The van der Waals surface area contributed by atoms with Crippen molar-refractivity contribution >= 4 is 39.1 Å². The van der Waals surface area contributed by atoms with Gasteiger partial charge in [0.2, 0.25) is 11.0 Å². The van der Waals surface area contributed by atoms with Crippen molar-refractivity contribution in [3.05, 3.63) is 27.7 Å². The van der Waals surface area contributed by atoms with Gasteiger partial charge in [0.25, 0.3) is 5.67 Å². The van der Waals surface area contributed by atoms with E-state index in [9.17, 15) is 26.7 Å². The third-order valence-electron chi connectivity index (χ3n) is 3.59. The fraction of sp³-hybridized carbons (Fsp3) is 0.533. The van der Waals surface area contributed by atoms with E-state index in [-0.39, 0.29) is 22.1 Å². The smallest absolute Gasteiger partial charge is 0.325 e. The van der Waals surface area contributed by atoms with Crippen molar-refractivity contribution in [1.29, 1.82) is 0 Å². The number of rotatable bonds is 5. The number of hydrogen-bond acceptors (Lipinski definition) is 1. The Balaban J connectivity index is 3.69. The largest absolute Gasteiger partial charge is 0.431 e. The molecule has 0 aromatic heterocycles. The van der Waals surface area contributed by atoms with Crippen molar-refractivity contribution in [2.75, 3.05) is 5.32 Å². The highest BCUT2D eigenvalue weighted by atomic mass is 79.9. The van der Waals surface area contributed by atoms with Gasteiger partial charge in [-0.05, 0) is 46.5 Å². The standard InChI is InChI=1S/C15H16BrClF5NO/c1-4-9-6-10(7-11(16)12(9)23-8(3)24)14(19,15(20,21)22)13(17,18)5-2/h6-7H,4-5H2,1-3H3,(H,23,24). The van der Waals surface area contributed by atoms with E-state index < -0.39 is 34.9 Å². The lowest BCUT2D eigenvalue weighted by Crippen LogP contribution is -2.51. The van der Waals surface area contributed by atoms with Crippen molar-refractivity contribution in [3.63, 3.8) is 0 Å². The first kappa shape index (κ1) is 21.2. The first-order valence-electron chi connectivity index (χ1n) is 7.05. The Morgan fingerprint density at radius 2 is 1.75 bits per heavy atom. The predicted octanol–water partition coefficient (Wildman–Crippen LogP) is 6.01. The van der Waals surface area contributed by atoms with Gasteiger partial charge in [0.05, 0.1) is 5.69 Å². The van der Waals surface area contributed by atoms with Crippen LogP contribution in [0.2, 0.25) is 0 Å². The van der Waals surface area contributed by atoms with Crippen LogP contribution < -0.4 is 5.32 Å². The summed E-state index contributed by atoms with van der Waals surface area (Å²) in [5.41, 5.74) is -4.96. The van der Waals surface area contributed by atoms with Gasteiger partial charge in [-0.1, -0.05) is 25.4 Å². The molecule has 0 spiro atoms. The zero-order chi connectivity index (χ0) is 18.9. The number of amides is 1. The molecule has 1 aromatic rings. The number of carbonyl (C=O) groups excluding carboxylic acids is 1. The number of carbonyl (C=O) groups is 1. The minimum absolute atomic E-state index is 0.00175. The summed E-state index contributed by atoms with van der Waals surface area (Å²) in [6.07, 6.45) is -6.28. The first-order chi connectivity index (χ1) is 10.8. The molecule has 0 heterocycles. The maximum Gasteiger partial charge on any atom is 0.431 e. The molecule has 0 aliphatic carbocycles. The second-order valence-electron chi connectivity index (χ2n) is 5.24. The van der Waals surface area contributed by atoms with Crippen LogP contribution in [0.5, 0.6) is 0 Å². The van der Waals surface area contributed by atoms with Crippen LogP contribution in [0.3, 0.4) is 0 Å². The summed E-state index contributed by atoms with van der Waals surface area (Å²) in [5, 5.41) is -1.23. The summed E-state index contributed by atoms with van der Waals surface area (Å²) >= 11 is 8.27. The number of aryl methyl sites for hydroxylation is 1. The second-order valence-corrected chi connectivity index (χ2v) is 6.69. The molecule has 2 nitrogen and oxygen atoms in total.